The second-order valence-electron chi connectivity index (χ2n) is 5.03. The Morgan fingerprint density at radius 1 is 1.00 bits per heavy atom. The smallest absolute Gasteiger partial charge is 0.224 e. The average molecular weight is 275 g/mol. The van der Waals surface area contributed by atoms with E-state index in [0.29, 0.717) is 24.1 Å². The molecule has 110 valence electrons. The molecule has 3 nitrogen and oxygen atoms in total. The fraction of sp³-hybridized carbons (Fsp3) is 0.529. The van der Waals surface area contributed by atoms with Gasteiger partial charge >= 0.3 is 0 Å². The molecule has 1 N–H and O–H groups in total. The third-order valence-corrected chi connectivity index (χ3v) is 3.33. The number of hydrogen-bond acceptors (Lipinski definition) is 2. The van der Waals surface area contributed by atoms with E-state index in [0.717, 1.165) is 12.8 Å². The lowest BCUT2D eigenvalue weighted by Crippen LogP contribution is -2.14. The van der Waals surface area contributed by atoms with Gasteiger partial charge in [-0.2, -0.15) is 0 Å². The van der Waals surface area contributed by atoms with Crippen molar-refractivity contribution in [1.82, 2.24) is 0 Å². The molecule has 1 rings (SSSR count). The zero-order valence-electron chi connectivity index (χ0n) is 12.6. The highest BCUT2D eigenvalue weighted by atomic mass is 16.1. The van der Waals surface area contributed by atoms with Crippen LogP contribution in [0.25, 0.3) is 0 Å². The number of anilines is 1. The normalized spacial score (nSPS) is 10.3. The number of rotatable bonds is 9. The Kier molecular flexibility index (Phi) is 7.63. The monoisotopic (exact) mass is 275 g/mol. The largest absolute Gasteiger partial charge is 0.325 e. The molecule has 0 saturated carbocycles. The first-order valence-corrected chi connectivity index (χ1v) is 7.61. The third-order valence-electron chi connectivity index (χ3n) is 3.33. The van der Waals surface area contributed by atoms with Gasteiger partial charge in [0.05, 0.1) is 5.69 Å². The number of ketones is 1. The lowest BCUT2D eigenvalue weighted by atomic mass is 10.1. The van der Waals surface area contributed by atoms with Crippen LogP contribution >= 0.6 is 0 Å². The Balaban J connectivity index is 2.47. The molecule has 0 saturated heterocycles. The van der Waals surface area contributed by atoms with Gasteiger partial charge in [-0.1, -0.05) is 51.7 Å². The Bertz CT molecular complexity index is 440. The highest BCUT2D eigenvalue weighted by Crippen LogP contribution is 2.17. The van der Waals surface area contributed by atoms with Crippen molar-refractivity contribution in [1.29, 1.82) is 0 Å². The van der Waals surface area contributed by atoms with Crippen LogP contribution in [0, 0.1) is 0 Å². The fourth-order valence-electron chi connectivity index (χ4n) is 2.13. The van der Waals surface area contributed by atoms with E-state index in [1.165, 1.54) is 19.3 Å². The summed E-state index contributed by atoms with van der Waals surface area (Å²) >= 11 is 0. The molecule has 0 aliphatic heterocycles. The van der Waals surface area contributed by atoms with Crippen molar-refractivity contribution >= 4 is 17.4 Å². The average Bonchev–Trinajstić information content (AvgIpc) is 2.47. The molecule has 1 aromatic carbocycles. The molecule has 0 spiro atoms. The van der Waals surface area contributed by atoms with Crippen LogP contribution in [0.5, 0.6) is 0 Å². The number of benzene rings is 1. The maximum Gasteiger partial charge on any atom is 0.224 e. The Labute approximate surface area is 121 Å². The molecule has 0 fully saturated rings. The van der Waals surface area contributed by atoms with Crippen LogP contribution in [0.15, 0.2) is 24.3 Å². The Morgan fingerprint density at radius 2 is 1.70 bits per heavy atom. The van der Waals surface area contributed by atoms with E-state index in [1.54, 1.807) is 12.1 Å². The second-order valence-corrected chi connectivity index (χ2v) is 5.03. The molecule has 0 heterocycles. The van der Waals surface area contributed by atoms with Gasteiger partial charge in [-0.3, -0.25) is 9.59 Å². The number of para-hydroxylation sites is 1. The number of nitrogens with one attached hydrogen (secondary N) is 1. The van der Waals surface area contributed by atoms with E-state index in [9.17, 15) is 9.59 Å². The van der Waals surface area contributed by atoms with Gasteiger partial charge in [0.15, 0.2) is 5.78 Å². The van der Waals surface area contributed by atoms with Crippen LogP contribution in [0.3, 0.4) is 0 Å². The maximum atomic E-state index is 11.9. The van der Waals surface area contributed by atoms with Crippen LogP contribution < -0.4 is 5.32 Å². The lowest BCUT2D eigenvalue weighted by Gasteiger charge is -2.09. The first kappa shape index (κ1) is 16.4. The molecule has 1 aromatic rings. The van der Waals surface area contributed by atoms with Crippen molar-refractivity contribution in [2.24, 2.45) is 0 Å². The highest BCUT2D eigenvalue weighted by molar-refractivity contribution is 6.04. The molecule has 0 radical (unpaired) electrons. The topological polar surface area (TPSA) is 46.2 Å². The summed E-state index contributed by atoms with van der Waals surface area (Å²) in [6.07, 6.45) is 6.61. The molecule has 0 aromatic heterocycles. The number of amides is 1. The first-order valence-electron chi connectivity index (χ1n) is 7.61. The van der Waals surface area contributed by atoms with Crippen molar-refractivity contribution in [3.8, 4) is 0 Å². The number of Topliss-reactive ketones (excluding diaryl/α,β-unsaturated/α-hetero) is 1. The fourth-order valence-corrected chi connectivity index (χ4v) is 2.13. The number of carbonyl (C=O) groups is 2. The van der Waals surface area contributed by atoms with Crippen LogP contribution in [-0.2, 0) is 4.79 Å². The van der Waals surface area contributed by atoms with Crippen molar-refractivity contribution in [2.45, 2.75) is 58.8 Å². The van der Waals surface area contributed by atoms with Crippen molar-refractivity contribution in [3.63, 3.8) is 0 Å². The van der Waals surface area contributed by atoms with Crippen LogP contribution in [0.4, 0.5) is 5.69 Å². The standard InChI is InChI=1S/C17H25NO2/c1-3-5-6-7-8-13-17(20)18-15-12-10-9-11-14(15)16(19)4-2/h9-12H,3-8,13H2,1-2H3,(H,18,20). The van der Waals surface area contributed by atoms with Crippen LogP contribution in [0.2, 0.25) is 0 Å². The van der Waals surface area contributed by atoms with Crippen molar-refractivity contribution in [2.75, 3.05) is 5.32 Å². The van der Waals surface area contributed by atoms with Gasteiger partial charge in [-0.15, -0.1) is 0 Å². The summed E-state index contributed by atoms with van der Waals surface area (Å²) in [4.78, 5) is 23.7. The molecule has 0 unspecified atom stereocenters. The van der Waals surface area contributed by atoms with E-state index in [1.807, 2.05) is 19.1 Å². The zero-order chi connectivity index (χ0) is 14.8. The molecular weight excluding hydrogens is 250 g/mol. The van der Waals surface area contributed by atoms with Crippen LogP contribution in [-0.4, -0.2) is 11.7 Å². The Hall–Kier alpha value is -1.64. The van der Waals surface area contributed by atoms with Crippen LogP contribution in [0.1, 0.15) is 69.2 Å². The predicted molar refractivity (Wildman–Crippen MR) is 83.1 cm³/mol. The molecule has 0 atom stereocenters. The zero-order valence-corrected chi connectivity index (χ0v) is 12.6. The lowest BCUT2D eigenvalue weighted by molar-refractivity contribution is -0.116. The van der Waals surface area contributed by atoms with Gasteiger partial charge in [0.25, 0.3) is 0 Å². The van der Waals surface area contributed by atoms with Gasteiger partial charge in [-0.05, 0) is 18.6 Å². The minimum absolute atomic E-state index is 0.00199. The predicted octanol–water partition coefficient (Wildman–Crippen LogP) is 4.58. The molecule has 0 bridgehead atoms. The first-order chi connectivity index (χ1) is 9.69. The van der Waals surface area contributed by atoms with Crippen molar-refractivity contribution < 1.29 is 9.59 Å². The number of hydrogen-bond donors (Lipinski definition) is 1. The maximum absolute atomic E-state index is 11.9. The van der Waals surface area contributed by atoms with E-state index in [2.05, 4.69) is 12.2 Å². The van der Waals surface area contributed by atoms with Gasteiger partial charge in [-0.25, -0.2) is 0 Å². The van der Waals surface area contributed by atoms with E-state index in [4.69, 9.17) is 0 Å². The quantitative estimate of drug-likeness (QED) is 0.529. The second kappa shape index (κ2) is 9.29. The number of unbranched alkanes of at least 4 members (excludes halogenated alkanes) is 4. The Morgan fingerprint density at radius 3 is 2.40 bits per heavy atom. The summed E-state index contributed by atoms with van der Waals surface area (Å²) in [5.74, 6) is 0.0571. The highest BCUT2D eigenvalue weighted by Gasteiger charge is 2.11. The summed E-state index contributed by atoms with van der Waals surface area (Å²) in [5, 5.41) is 2.86. The molecule has 20 heavy (non-hydrogen) atoms. The van der Waals surface area contributed by atoms with Gasteiger partial charge in [0, 0.05) is 18.4 Å². The number of carbonyl (C=O) groups excluding carboxylic acids is 2. The molecule has 1 amide bonds. The summed E-state index contributed by atoms with van der Waals surface area (Å²) in [7, 11) is 0. The minimum Gasteiger partial charge on any atom is -0.325 e. The molecule has 0 aliphatic rings. The third kappa shape index (κ3) is 5.55. The van der Waals surface area contributed by atoms with Crippen molar-refractivity contribution in [3.05, 3.63) is 29.8 Å². The molecule has 3 heteroatoms. The molecular formula is C17H25NO2. The summed E-state index contributed by atoms with van der Waals surface area (Å²) in [6.45, 7) is 4.00. The summed E-state index contributed by atoms with van der Waals surface area (Å²) in [5.41, 5.74) is 1.24. The summed E-state index contributed by atoms with van der Waals surface area (Å²) < 4.78 is 0. The SMILES string of the molecule is CCCCCCCC(=O)Nc1ccccc1C(=O)CC. The minimum atomic E-state index is -0.00199. The van der Waals surface area contributed by atoms with Gasteiger partial charge in [0.1, 0.15) is 0 Å². The van der Waals surface area contributed by atoms with E-state index in [-0.39, 0.29) is 11.7 Å². The van der Waals surface area contributed by atoms with E-state index < -0.39 is 0 Å². The van der Waals surface area contributed by atoms with Gasteiger partial charge < -0.3 is 5.32 Å². The molecule has 0 aliphatic carbocycles. The van der Waals surface area contributed by atoms with E-state index >= 15 is 0 Å². The summed E-state index contributed by atoms with van der Waals surface area (Å²) in [6, 6.07) is 7.22. The van der Waals surface area contributed by atoms with Gasteiger partial charge in [0.2, 0.25) is 5.91 Å².